The van der Waals surface area contributed by atoms with Gasteiger partial charge in [-0.1, -0.05) is 44.2 Å². The van der Waals surface area contributed by atoms with Crippen LogP contribution < -0.4 is 5.32 Å². The maximum Gasteiger partial charge on any atom is 0.137 e. The fraction of sp³-hybridized carbons (Fsp3) is 0.333. The summed E-state index contributed by atoms with van der Waals surface area (Å²) in [6, 6.07) is 14.1. The van der Waals surface area contributed by atoms with Crippen LogP contribution >= 0.6 is 15.9 Å². The first-order valence-electron chi connectivity index (χ1n) is 7.24. The second-order valence-electron chi connectivity index (χ2n) is 5.67. The molecule has 0 heterocycles. The summed E-state index contributed by atoms with van der Waals surface area (Å²) in [4.78, 5) is 0. The summed E-state index contributed by atoms with van der Waals surface area (Å²) in [6.45, 7) is 7.16. The van der Waals surface area contributed by atoms with E-state index in [2.05, 4.69) is 66.3 Å². The predicted octanol–water partition coefficient (Wildman–Crippen LogP) is 5.56. The molecule has 0 amide bonds. The lowest BCUT2D eigenvalue weighted by atomic mass is 9.99. The van der Waals surface area contributed by atoms with E-state index in [0.717, 1.165) is 5.56 Å². The first-order valence-corrected chi connectivity index (χ1v) is 8.04. The van der Waals surface area contributed by atoms with Crippen molar-refractivity contribution in [3.8, 4) is 0 Å². The van der Waals surface area contributed by atoms with E-state index >= 15 is 0 Å². The van der Waals surface area contributed by atoms with E-state index in [9.17, 15) is 4.39 Å². The molecule has 0 bridgehead atoms. The quantitative estimate of drug-likeness (QED) is 0.744. The van der Waals surface area contributed by atoms with Crippen molar-refractivity contribution in [1.29, 1.82) is 0 Å². The van der Waals surface area contributed by atoms with Gasteiger partial charge in [-0.05, 0) is 57.6 Å². The van der Waals surface area contributed by atoms with Crippen molar-refractivity contribution in [2.24, 2.45) is 0 Å². The van der Waals surface area contributed by atoms with E-state index < -0.39 is 0 Å². The number of nitrogens with one attached hydrogen (secondary N) is 1. The molecule has 0 aromatic heterocycles. The van der Waals surface area contributed by atoms with E-state index in [1.807, 2.05) is 6.07 Å². The van der Waals surface area contributed by atoms with E-state index in [-0.39, 0.29) is 11.9 Å². The summed E-state index contributed by atoms with van der Waals surface area (Å²) in [6.07, 6.45) is 0. The summed E-state index contributed by atoms with van der Waals surface area (Å²) in [5, 5.41) is 3.43. The maximum atomic E-state index is 13.5. The number of rotatable bonds is 5. The SMILES string of the molecule is CC(C)c1ccc(C(C)NCc2ccc(Br)c(F)c2)cc1. The van der Waals surface area contributed by atoms with Gasteiger partial charge in [0.15, 0.2) is 0 Å². The highest BCUT2D eigenvalue weighted by Crippen LogP contribution is 2.20. The summed E-state index contributed by atoms with van der Waals surface area (Å²) in [7, 11) is 0. The standard InChI is InChI=1S/C18H21BrFN/c1-12(2)15-5-7-16(8-6-15)13(3)21-11-14-4-9-17(19)18(20)10-14/h4-10,12-13,21H,11H2,1-3H3. The third-order valence-corrected chi connectivity index (χ3v) is 4.34. The van der Waals surface area contributed by atoms with Gasteiger partial charge in [0.25, 0.3) is 0 Å². The monoisotopic (exact) mass is 349 g/mol. The highest BCUT2D eigenvalue weighted by molar-refractivity contribution is 9.10. The number of hydrogen-bond acceptors (Lipinski definition) is 1. The van der Waals surface area contributed by atoms with Crippen molar-refractivity contribution in [2.45, 2.75) is 39.3 Å². The third kappa shape index (κ3) is 4.39. The van der Waals surface area contributed by atoms with Gasteiger partial charge < -0.3 is 5.32 Å². The normalized spacial score (nSPS) is 12.7. The summed E-state index contributed by atoms with van der Waals surface area (Å²) in [5.41, 5.74) is 3.54. The average Bonchev–Trinajstić information content (AvgIpc) is 2.48. The van der Waals surface area contributed by atoms with Crippen molar-refractivity contribution in [1.82, 2.24) is 5.32 Å². The molecule has 21 heavy (non-hydrogen) atoms. The largest absolute Gasteiger partial charge is 0.306 e. The van der Waals surface area contributed by atoms with Crippen LogP contribution in [0.5, 0.6) is 0 Å². The first-order chi connectivity index (χ1) is 9.97. The maximum absolute atomic E-state index is 13.5. The minimum atomic E-state index is -0.219. The average molecular weight is 350 g/mol. The molecule has 0 aliphatic rings. The van der Waals surface area contributed by atoms with Gasteiger partial charge in [0, 0.05) is 12.6 Å². The highest BCUT2D eigenvalue weighted by atomic mass is 79.9. The van der Waals surface area contributed by atoms with Crippen molar-refractivity contribution >= 4 is 15.9 Å². The lowest BCUT2D eigenvalue weighted by Crippen LogP contribution is -2.18. The van der Waals surface area contributed by atoms with Crippen LogP contribution in [0, 0.1) is 5.82 Å². The van der Waals surface area contributed by atoms with Crippen LogP contribution in [-0.4, -0.2) is 0 Å². The lowest BCUT2D eigenvalue weighted by molar-refractivity contribution is 0.568. The van der Waals surface area contributed by atoms with Crippen LogP contribution in [0.15, 0.2) is 46.9 Å². The molecule has 3 heteroatoms. The number of hydrogen-bond donors (Lipinski definition) is 1. The Labute approximate surface area is 134 Å². The first kappa shape index (κ1) is 16.2. The molecule has 2 aromatic rings. The molecule has 112 valence electrons. The van der Waals surface area contributed by atoms with Crippen LogP contribution in [0.25, 0.3) is 0 Å². The fourth-order valence-electron chi connectivity index (χ4n) is 2.21. The van der Waals surface area contributed by atoms with Crippen LogP contribution in [0.1, 0.15) is 49.4 Å². The predicted molar refractivity (Wildman–Crippen MR) is 89.9 cm³/mol. The van der Waals surface area contributed by atoms with Crippen molar-refractivity contribution in [3.63, 3.8) is 0 Å². The lowest BCUT2D eigenvalue weighted by Gasteiger charge is -2.15. The molecule has 0 saturated heterocycles. The number of benzene rings is 2. The molecule has 0 aliphatic carbocycles. The topological polar surface area (TPSA) is 12.0 Å². The number of halogens is 2. The van der Waals surface area contributed by atoms with E-state index in [1.165, 1.54) is 11.1 Å². The Morgan fingerprint density at radius 2 is 1.62 bits per heavy atom. The second kappa shape index (κ2) is 7.19. The Kier molecular flexibility index (Phi) is 5.54. The summed E-state index contributed by atoms with van der Waals surface area (Å²) < 4.78 is 14.0. The van der Waals surface area contributed by atoms with E-state index in [1.54, 1.807) is 12.1 Å². The smallest absolute Gasteiger partial charge is 0.137 e. The van der Waals surface area contributed by atoms with Crippen LogP contribution in [-0.2, 0) is 6.54 Å². The van der Waals surface area contributed by atoms with Gasteiger partial charge in [-0.3, -0.25) is 0 Å². The van der Waals surface area contributed by atoms with Gasteiger partial charge in [0.05, 0.1) is 4.47 Å². The zero-order valence-electron chi connectivity index (χ0n) is 12.7. The third-order valence-electron chi connectivity index (χ3n) is 3.70. The van der Waals surface area contributed by atoms with Gasteiger partial charge in [-0.15, -0.1) is 0 Å². The molecule has 0 spiro atoms. The van der Waals surface area contributed by atoms with Crippen LogP contribution in [0.4, 0.5) is 4.39 Å². The molecule has 2 rings (SSSR count). The van der Waals surface area contributed by atoms with Crippen molar-refractivity contribution < 1.29 is 4.39 Å². The van der Waals surface area contributed by atoms with E-state index in [0.29, 0.717) is 16.9 Å². The molecular formula is C18H21BrFN. The Morgan fingerprint density at radius 3 is 2.19 bits per heavy atom. The van der Waals surface area contributed by atoms with E-state index in [4.69, 9.17) is 0 Å². The van der Waals surface area contributed by atoms with Crippen molar-refractivity contribution in [2.75, 3.05) is 0 Å². The molecule has 0 fully saturated rings. The van der Waals surface area contributed by atoms with Gasteiger partial charge >= 0.3 is 0 Å². The molecule has 1 unspecified atom stereocenters. The van der Waals surface area contributed by atoms with Crippen LogP contribution in [0.2, 0.25) is 0 Å². The molecule has 1 atom stereocenters. The Bertz CT molecular complexity index is 593. The second-order valence-corrected chi connectivity index (χ2v) is 6.53. The molecule has 0 radical (unpaired) electrons. The fourth-order valence-corrected chi connectivity index (χ4v) is 2.45. The Morgan fingerprint density at radius 1 is 1.00 bits per heavy atom. The molecule has 2 aromatic carbocycles. The molecule has 0 aliphatic heterocycles. The highest BCUT2D eigenvalue weighted by Gasteiger charge is 2.07. The van der Waals surface area contributed by atoms with Crippen LogP contribution in [0.3, 0.4) is 0 Å². The van der Waals surface area contributed by atoms with Gasteiger partial charge in [0.2, 0.25) is 0 Å². The summed E-state index contributed by atoms with van der Waals surface area (Å²) >= 11 is 3.17. The zero-order valence-corrected chi connectivity index (χ0v) is 14.2. The minimum Gasteiger partial charge on any atom is -0.306 e. The molecular weight excluding hydrogens is 329 g/mol. The zero-order chi connectivity index (χ0) is 15.4. The van der Waals surface area contributed by atoms with Crippen molar-refractivity contribution in [3.05, 3.63) is 69.4 Å². The van der Waals surface area contributed by atoms with Gasteiger partial charge in [0.1, 0.15) is 5.82 Å². The summed E-state index contributed by atoms with van der Waals surface area (Å²) in [5.74, 6) is 0.330. The molecule has 1 nitrogen and oxygen atoms in total. The Hall–Kier alpha value is -1.19. The van der Waals surface area contributed by atoms with Gasteiger partial charge in [-0.2, -0.15) is 0 Å². The molecule has 0 saturated carbocycles. The molecule has 1 N–H and O–H groups in total. The Balaban J connectivity index is 1.97. The minimum absolute atomic E-state index is 0.219. The van der Waals surface area contributed by atoms with Gasteiger partial charge in [-0.25, -0.2) is 4.39 Å².